The van der Waals surface area contributed by atoms with Crippen LogP contribution in [-0.4, -0.2) is 25.0 Å². The molecule has 1 atom stereocenters. The minimum atomic E-state index is 0.105. The monoisotopic (exact) mass is 236 g/mol. The molecule has 0 aromatic carbocycles. The second kappa shape index (κ2) is 6.45. The van der Waals surface area contributed by atoms with E-state index in [0.29, 0.717) is 18.9 Å². The molecule has 0 aliphatic carbocycles. The lowest BCUT2D eigenvalue weighted by atomic mass is 10.1. The van der Waals surface area contributed by atoms with E-state index in [9.17, 15) is 4.79 Å². The van der Waals surface area contributed by atoms with Crippen molar-refractivity contribution in [2.45, 2.75) is 38.1 Å². The maximum atomic E-state index is 11.6. The summed E-state index contributed by atoms with van der Waals surface area (Å²) in [4.78, 5) is 11.6. The van der Waals surface area contributed by atoms with Crippen LogP contribution in [0.3, 0.4) is 0 Å². The molecule has 1 aliphatic rings. The molecule has 1 amide bonds. The Kier molecular flexibility index (Phi) is 4.62. The van der Waals surface area contributed by atoms with Crippen molar-refractivity contribution in [3.05, 3.63) is 24.2 Å². The molecule has 0 radical (unpaired) electrons. The smallest absolute Gasteiger partial charge is 0.220 e. The number of amides is 1. The van der Waals surface area contributed by atoms with E-state index < -0.39 is 0 Å². The van der Waals surface area contributed by atoms with Gasteiger partial charge in [-0.3, -0.25) is 4.79 Å². The Morgan fingerprint density at radius 1 is 1.53 bits per heavy atom. The highest BCUT2D eigenvalue weighted by Gasteiger charge is 2.13. The van der Waals surface area contributed by atoms with Gasteiger partial charge in [-0.15, -0.1) is 0 Å². The van der Waals surface area contributed by atoms with Crippen molar-refractivity contribution in [1.29, 1.82) is 0 Å². The van der Waals surface area contributed by atoms with Crippen LogP contribution in [0.2, 0.25) is 0 Å². The van der Waals surface area contributed by atoms with E-state index in [1.165, 1.54) is 19.3 Å². The first kappa shape index (κ1) is 12.2. The molecule has 0 bridgehead atoms. The zero-order valence-electron chi connectivity index (χ0n) is 10.1. The van der Waals surface area contributed by atoms with Crippen LogP contribution in [-0.2, 0) is 11.2 Å². The summed E-state index contributed by atoms with van der Waals surface area (Å²) in [6, 6.07) is 4.20. The van der Waals surface area contributed by atoms with Crippen molar-refractivity contribution in [2.24, 2.45) is 0 Å². The minimum absolute atomic E-state index is 0.105. The molecule has 1 fully saturated rings. The molecule has 1 aromatic rings. The summed E-state index contributed by atoms with van der Waals surface area (Å²) >= 11 is 0. The average molecular weight is 236 g/mol. The van der Waals surface area contributed by atoms with Crippen molar-refractivity contribution in [2.75, 3.05) is 13.1 Å². The number of hydrogen-bond donors (Lipinski definition) is 2. The highest BCUT2D eigenvalue weighted by atomic mass is 16.3. The Labute approximate surface area is 102 Å². The molecule has 17 heavy (non-hydrogen) atoms. The lowest BCUT2D eigenvalue weighted by Gasteiger charge is -2.23. The van der Waals surface area contributed by atoms with Gasteiger partial charge in [0.1, 0.15) is 5.76 Å². The van der Waals surface area contributed by atoms with Gasteiger partial charge in [0.05, 0.1) is 6.26 Å². The highest BCUT2D eigenvalue weighted by molar-refractivity contribution is 5.76. The molecule has 4 nitrogen and oxygen atoms in total. The van der Waals surface area contributed by atoms with Crippen LogP contribution in [0.1, 0.15) is 31.4 Å². The zero-order valence-corrected chi connectivity index (χ0v) is 10.1. The topological polar surface area (TPSA) is 54.3 Å². The van der Waals surface area contributed by atoms with Gasteiger partial charge >= 0.3 is 0 Å². The minimum Gasteiger partial charge on any atom is -0.469 e. The number of piperidine rings is 1. The van der Waals surface area contributed by atoms with E-state index in [1.807, 2.05) is 12.1 Å². The largest absolute Gasteiger partial charge is 0.469 e. The van der Waals surface area contributed by atoms with E-state index in [0.717, 1.165) is 18.8 Å². The summed E-state index contributed by atoms with van der Waals surface area (Å²) in [5.41, 5.74) is 0. The molecule has 94 valence electrons. The summed E-state index contributed by atoms with van der Waals surface area (Å²) < 4.78 is 5.19. The Morgan fingerprint density at radius 2 is 2.47 bits per heavy atom. The van der Waals surface area contributed by atoms with Crippen LogP contribution in [0.25, 0.3) is 0 Å². The quantitative estimate of drug-likeness (QED) is 0.814. The Hall–Kier alpha value is -1.29. The fraction of sp³-hybridized carbons (Fsp3) is 0.615. The number of carbonyl (C=O) groups excluding carboxylic acids is 1. The van der Waals surface area contributed by atoms with Gasteiger partial charge in [0.25, 0.3) is 0 Å². The normalized spacial score (nSPS) is 20.1. The van der Waals surface area contributed by atoms with Crippen molar-refractivity contribution < 1.29 is 9.21 Å². The van der Waals surface area contributed by atoms with E-state index in [1.54, 1.807) is 6.26 Å². The molecule has 4 heteroatoms. The summed E-state index contributed by atoms with van der Waals surface area (Å²) in [6.45, 7) is 1.82. The second-order valence-corrected chi connectivity index (χ2v) is 4.53. The fourth-order valence-corrected chi connectivity index (χ4v) is 2.12. The van der Waals surface area contributed by atoms with Crippen LogP contribution >= 0.6 is 0 Å². The SMILES string of the molecule is O=C(CCc1ccco1)NCC1CCCCN1. The van der Waals surface area contributed by atoms with Gasteiger partial charge in [0.15, 0.2) is 0 Å². The van der Waals surface area contributed by atoms with Gasteiger partial charge in [-0.1, -0.05) is 6.42 Å². The average Bonchev–Trinajstić information content (AvgIpc) is 2.88. The zero-order chi connectivity index (χ0) is 11.9. The lowest BCUT2D eigenvalue weighted by Crippen LogP contribution is -2.43. The summed E-state index contributed by atoms with van der Waals surface area (Å²) in [5, 5.41) is 6.38. The predicted molar refractivity (Wildman–Crippen MR) is 65.7 cm³/mol. The van der Waals surface area contributed by atoms with Gasteiger partial charge in [-0.25, -0.2) is 0 Å². The summed E-state index contributed by atoms with van der Waals surface area (Å²) in [6.07, 6.45) is 6.50. The summed E-state index contributed by atoms with van der Waals surface area (Å²) in [7, 11) is 0. The van der Waals surface area contributed by atoms with Crippen LogP contribution in [0.4, 0.5) is 0 Å². The number of furan rings is 1. The van der Waals surface area contributed by atoms with Gasteiger partial charge in [0, 0.05) is 25.4 Å². The van der Waals surface area contributed by atoms with Gasteiger partial charge < -0.3 is 15.1 Å². The highest BCUT2D eigenvalue weighted by Crippen LogP contribution is 2.06. The number of carbonyl (C=O) groups is 1. The molecule has 1 aromatic heterocycles. The first-order valence-electron chi connectivity index (χ1n) is 6.37. The first-order valence-corrected chi connectivity index (χ1v) is 6.37. The standard InChI is InChI=1S/C13H20N2O2/c16-13(7-6-12-5-3-9-17-12)15-10-11-4-1-2-8-14-11/h3,5,9,11,14H,1-2,4,6-8,10H2,(H,15,16). The predicted octanol–water partition coefficient (Wildman–Crippen LogP) is 1.47. The maximum Gasteiger partial charge on any atom is 0.220 e. The van der Waals surface area contributed by atoms with Crippen LogP contribution < -0.4 is 10.6 Å². The Balaban J connectivity index is 1.60. The number of hydrogen-bond acceptors (Lipinski definition) is 3. The van der Waals surface area contributed by atoms with Gasteiger partial charge in [0.2, 0.25) is 5.91 Å². The van der Waals surface area contributed by atoms with Crippen LogP contribution in [0.5, 0.6) is 0 Å². The maximum absolute atomic E-state index is 11.6. The number of nitrogens with one attached hydrogen (secondary N) is 2. The fourth-order valence-electron chi connectivity index (χ4n) is 2.12. The van der Waals surface area contributed by atoms with Gasteiger partial charge in [-0.2, -0.15) is 0 Å². The molecule has 2 rings (SSSR count). The summed E-state index contributed by atoms with van der Waals surface area (Å²) in [5.74, 6) is 0.977. The van der Waals surface area contributed by atoms with Crippen molar-refractivity contribution in [3.8, 4) is 0 Å². The van der Waals surface area contributed by atoms with Crippen molar-refractivity contribution >= 4 is 5.91 Å². The molecule has 1 unspecified atom stereocenters. The molecule has 2 N–H and O–H groups in total. The molecule has 0 spiro atoms. The van der Waals surface area contributed by atoms with E-state index in [2.05, 4.69) is 10.6 Å². The molecule has 1 saturated heterocycles. The van der Waals surface area contributed by atoms with E-state index >= 15 is 0 Å². The lowest BCUT2D eigenvalue weighted by molar-refractivity contribution is -0.121. The Bertz CT molecular complexity index is 329. The molecule has 2 heterocycles. The number of aryl methyl sites for hydroxylation is 1. The third-order valence-corrected chi connectivity index (χ3v) is 3.14. The number of rotatable bonds is 5. The molecule has 0 saturated carbocycles. The second-order valence-electron chi connectivity index (χ2n) is 4.53. The van der Waals surface area contributed by atoms with Crippen LogP contribution in [0.15, 0.2) is 22.8 Å². The molecular weight excluding hydrogens is 216 g/mol. The third kappa shape index (κ3) is 4.23. The first-order chi connectivity index (χ1) is 8.34. The van der Waals surface area contributed by atoms with Crippen molar-refractivity contribution in [1.82, 2.24) is 10.6 Å². The Morgan fingerprint density at radius 3 is 3.18 bits per heavy atom. The van der Waals surface area contributed by atoms with E-state index in [-0.39, 0.29) is 5.91 Å². The van der Waals surface area contributed by atoms with Crippen molar-refractivity contribution in [3.63, 3.8) is 0 Å². The molecule has 1 aliphatic heterocycles. The van der Waals surface area contributed by atoms with E-state index in [4.69, 9.17) is 4.42 Å². The van der Waals surface area contributed by atoms with Crippen LogP contribution in [0, 0.1) is 0 Å². The molecular formula is C13H20N2O2. The van der Waals surface area contributed by atoms with Gasteiger partial charge in [-0.05, 0) is 31.5 Å². The third-order valence-electron chi connectivity index (χ3n) is 3.14.